The quantitative estimate of drug-likeness (QED) is 0.657. The van der Waals surface area contributed by atoms with E-state index in [2.05, 4.69) is 10.1 Å². The van der Waals surface area contributed by atoms with Gasteiger partial charge in [0.25, 0.3) is 0 Å². The summed E-state index contributed by atoms with van der Waals surface area (Å²) in [6, 6.07) is 15.4. The van der Waals surface area contributed by atoms with Gasteiger partial charge in [0, 0.05) is 31.6 Å². The number of alkyl carbamates (subject to hydrolysis) is 1. The van der Waals surface area contributed by atoms with Crippen LogP contribution in [0.2, 0.25) is 0 Å². The Kier molecular flexibility index (Phi) is 7.65. The van der Waals surface area contributed by atoms with Gasteiger partial charge in [-0.1, -0.05) is 36.4 Å². The average Bonchev–Trinajstić information content (AvgIpc) is 3.16. The topological polar surface area (TPSA) is 84.9 Å². The van der Waals surface area contributed by atoms with Gasteiger partial charge in [-0.2, -0.15) is 0 Å². The number of carbonyl (C=O) groups excluding carboxylic acids is 3. The summed E-state index contributed by atoms with van der Waals surface area (Å²) >= 11 is 0. The van der Waals surface area contributed by atoms with Gasteiger partial charge in [-0.25, -0.2) is 4.79 Å². The lowest BCUT2D eigenvalue weighted by atomic mass is 10.1. The Morgan fingerprint density at radius 3 is 2.52 bits per heavy atom. The maximum absolute atomic E-state index is 12.2. The molecule has 0 radical (unpaired) electrons. The van der Waals surface area contributed by atoms with Gasteiger partial charge in [0.05, 0.1) is 7.11 Å². The van der Waals surface area contributed by atoms with Gasteiger partial charge in [0.1, 0.15) is 6.61 Å². The molecule has 2 aromatic carbocycles. The van der Waals surface area contributed by atoms with Gasteiger partial charge < -0.3 is 19.7 Å². The minimum atomic E-state index is -0.435. The van der Waals surface area contributed by atoms with Gasteiger partial charge in [0.15, 0.2) is 0 Å². The molecule has 0 fully saturated rings. The van der Waals surface area contributed by atoms with Crippen molar-refractivity contribution in [2.24, 2.45) is 0 Å². The number of ether oxygens (including phenoxy) is 2. The van der Waals surface area contributed by atoms with Crippen LogP contribution >= 0.6 is 0 Å². The zero-order valence-electron chi connectivity index (χ0n) is 17.9. The summed E-state index contributed by atoms with van der Waals surface area (Å²) < 4.78 is 9.97. The Morgan fingerprint density at radius 1 is 1.06 bits per heavy atom. The molecule has 3 rings (SSSR count). The van der Waals surface area contributed by atoms with Crippen molar-refractivity contribution in [2.75, 3.05) is 18.6 Å². The first-order valence-electron chi connectivity index (χ1n) is 10.4. The predicted molar refractivity (Wildman–Crippen MR) is 117 cm³/mol. The Labute approximate surface area is 182 Å². The number of benzene rings is 2. The van der Waals surface area contributed by atoms with Crippen LogP contribution in [0.1, 0.15) is 36.5 Å². The van der Waals surface area contributed by atoms with Crippen LogP contribution in [-0.4, -0.2) is 37.7 Å². The molecule has 0 aliphatic heterocycles. The summed E-state index contributed by atoms with van der Waals surface area (Å²) in [5, 5.41) is 2.93. The number of hydrogen-bond acceptors (Lipinski definition) is 5. The lowest BCUT2D eigenvalue weighted by molar-refractivity contribution is -0.140. The van der Waals surface area contributed by atoms with Crippen molar-refractivity contribution in [3.8, 4) is 0 Å². The van der Waals surface area contributed by atoms with E-state index in [0.717, 1.165) is 28.8 Å². The van der Waals surface area contributed by atoms with Crippen molar-refractivity contribution < 1.29 is 23.9 Å². The van der Waals surface area contributed by atoms with Crippen LogP contribution in [0.15, 0.2) is 48.5 Å². The lowest BCUT2D eigenvalue weighted by Crippen LogP contribution is -2.35. The number of anilines is 1. The number of methoxy groups -OCH3 is 1. The second-order valence-electron chi connectivity index (χ2n) is 7.61. The molecule has 1 atom stereocenters. The van der Waals surface area contributed by atoms with Crippen molar-refractivity contribution in [1.82, 2.24) is 5.32 Å². The van der Waals surface area contributed by atoms with Gasteiger partial charge in [-0.3, -0.25) is 9.59 Å². The average molecular weight is 424 g/mol. The van der Waals surface area contributed by atoms with Crippen molar-refractivity contribution in [2.45, 2.75) is 45.3 Å². The monoisotopic (exact) mass is 424 g/mol. The number of esters is 1. The van der Waals surface area contributed by atoms with Crippen LogP contribution in [0.3, 0.4) is 0 Å². The SMILES string of the molecule is COC(=O)CCCN(C(C)=O)c1ccc2c(c1)CC(NC(=O)OCc1ccccc1)C2. The molecule has 0 bridgehead atoms. The number of fused-ring (bicyclic) bond motifs is 1. The van der Waals surface area contributed by atoms with Crippen molar-refractivity contribution >= 4 is 23.7 Å². The third kappa shape index (κ3) is 6.31. The minimum Gasteiger partial charge on any atom is -0.469 e. The Morgan fingerprint density at radius 2 is 1.81 bits per heavy atom. The predicted octanol–water partition coefficient (Wildman–Crippen LogP) is 3.39. The normalized spacial score (nSPS) is 14.5. The highest BCUT2D eigenvalue weighted by atomic mass is 16.5. The number of hydrogen-bond donors (Lipinski definition) is 1. The lowest BCUT2D eigenvalue weighted by Gasteiger charge is -2.22. The number of nitrogens with one attached hydrogen (secondary N) is 1. The fourth-order valence-corrected chi connectivity index (χ4v) is 3.76. The van der Waals surface area contributed by atoms with E-state index in [1.807, 2.05) is 48.5 Å². The Balaban J connectivity index is 1.55. The van der Waals surface area contributed by atoms with Gasteiger partial charge in [-0.05, 0) is 48.1 Å². The highest BCUT2D eigenvalue weighted by Crippen LogP contribution is 2.28. The molecule has 164 valence electrons. The molecule has 0 saturated carbocycles. The van der Waals surface area contributed by atoms with Crippen LogP contribution in [0.5, 0.6) is 0 Å². The third-order valence-electron chi connectivity index (χ3n) is 5.34. The summed E-state index contributed by atoms with van der Waals surface area (Å²) in [6.07, 6.45) is 1.76. The first kappa shape index (κ1) is 22.3. The maximum Gasteiger partial charge on any atom is 0.407 e. The second-order valence-corrected chi connectivity index (χ2v) is 7.61. The summed E-state index contributed by atoms with van der Waals surface area (Å²) in [5.41, 5.74) is 3.98. The van der Waals surface area contributed by atoms with E-state index >= 15 is 0 Å². The molecule has 0 heterocycles. The molecule has 0 saturated heterocycles. The first-order chi connectivity index (χ1) is 15.0. The standard InChI is InChI=1S/C24H28N2O5/c1-17(27)26(12-6-9-23(28)30-2)22-11-10-19-13-21(14-20(19)15-22)25-24(29)31-16-18-7-4-3-5-8-18/h3-5,7-8,10-11,15,21H,6,9,12-14,16H2,1-2H3,(H,25,29). The van der Waals surface area contributed by atoms with Crippen molar-refractivity contribution in [1.29, 1.82) is 0 Å². The van der Waals surface area contributed by atoms with Crippen LogP contribution in [0, 0.1) is 0 Å². The van der Waals surface area contributed by atoms with Crippen molar-refractivity contribution in [3.05, 3.63) is 65.2 Å². The van der Waals surface area contributed by atoms with E-state index in [-0.39, 0.29) is 30.9 Å². The fraction of sp³-hybridized carbons (Fsp3) is 0.375. The van der Waals surface area contributed by atoms with E-state index in [1.54, 1.807) is 4.90 Å². The molecule has 0 aromatic heterocycles. The van der Waals surface area contributed by atoms with E-state index < -0.39 is 6.09 Å². The van der Waals surface area contributed by atoms with Gasteiger partial charge in [0.2, 0.25) is 5.91 Å². The molecule has 1 unspecified atom stereocenters. The summed E-state index contributed by atoms with van der Waals surface area (Å²) in [4.78, 5) is 37.3. The molecule has 0 spiro atoms. The minimum absolute atomic E-state index is 0.0429. The number of amides is 2. The molecule has 2 amide bonds. The smallest absolute Gasteiger partial charge is 0.407 e. The van der Waals surface area contributed by atoms with Gasteiger partial charge >= 0.3 is 12.1 Å². The fourth-order valence-electron chi connectivity index (χ4n) is 3.76. The second kappa shape index (κ2) is 10.6. The van der Waals surface area contributed by atoms with Crippen LogP contribution in [-0.2, 0) is 38.5 Å². The molecule has 7 nitrogen and oxygen atoms in total. The van der Waals surface area contributed by atoms with E-state index in [0.29, 0.717) is 19.4 Å². The van der Waals surface area contributed by atoms with Crippen LogP contribution in [0.25, 0.3) is 0 Å². The number of carbonyl (C=O) groups is 3. The van der Waals surface area contributed by atoms with Crippen LogP contribution in [0.4, 0.5) is 10.5 Å². The zero-order chi connectivity index (χ0) is 22.2. The molecule has 2 aromatic rings. The van der Waals surface area contributed by atoms with E-state index in [1.165, 1.54) is 14.0 Å². The summed E-state index contributed by atoms with van der Waals surface area (Å²) in [5.74, 6) is -0.368. The Hall–Kier alpha value is -3.35. The molecule has 1 aliphatic carbocycles. The molecule has 31 heavy (non-hydrogen) atoms. The molecule has 7 heteroatoms. The Bertz CT molecular complexity index is 929. The largest absolute Gasteiger partial charge is 0.469 e. The molecule has 1 aliphatic rings. The van der Waals surface area contributed by atoms with E-state index in [4.69, 9.17) is 4.74 Å². The molecular weight excluding hydrogens is 396 g/mol. The number of rotatable bonds is 8. The van der Waals surface area contributed by atoms with Gasteiger partial charge in [-0.15, -0.1) is 0 Å². The molecular formula is C24H28N2O5. The third-order valence-corrected chi connectivity index (χ3v) is 5.34. The maximum atomic E-state index is 12.2. The van der Waals surface area contributed by atoms with Crippen molar-refractivity contribution in [3.63, 3.8) is 0 Å². The summed E-state index contributed by atoms with van der Waals surface area (Å²) in [6.45, 7) is 2.19. The zero-order valence-corrected chi connectivity index (χ0v) is 17.9. The summed E-state index contributed by atoms with van der Waals surface area (Å²) in [7, 11) is 1.35. The van der Waals surface area contributed by atoms with Crippen LogP contribution < -0.4 is 10.2 Å². The highest BCUT2D eigenvalue weighted by Gasteiger charge is 2.25. The first-order valence-corrected chi connectivity index (χ1v) is 10.4. The highest BCUT2D eigenvalue weighted by molar-refractivity contribution is 5.91. The molecule has 1 N–H and O–H groups in total. The number of nitrogens with zero attached hydrogens (tertiary/aromatic N) is 1. The van der Waals surface area contributed by atoms with E-state index in [9.17, 15) is 14.4 Å².